The first-order valence-corrected chi connectivity index (χ1v) is 4.06. The highest BCUT2D eigenvalue weighted by atomic mass is 16.4. The SMILES string of the molecule is CC(C)(O)CN1CC(C(=O)O)C1. The smallest absolute Gasteiger partial charge is 0.309 e. The average Bonchev–Trinajstić information content (AvgIpc) is 1.74. The van der Waals surface area contributed by atoms with Crippen LogP contribution in [0.25, 0.3) is 0 Å². The van der Waals surface area contributed by atoms with Gasteiger partial charge in [-0.15, -0.1) is 0 Å². The number of carbonyl (C=O) groups is 1. The lowest BCUT2D eigenvalue weighted by molar-refractivity contribution is -0.149. The van der Waals surface area contributed by atoms with Crippen molar-refractivity contribution in [1.29, 1.82) is 0 Å². The molecule has 0 aromatic carbocycles. The summed E-state index contributed by atoms with van der Waals surface area (Å²) in [5.41, 5.74) is -0.719. The molecule has 1 fully saturated rings. The summed E-state index contributed by atoms with van der Waals surface area (Å²) >= 11 is 0. The van der Waals surface area contributed by atoms with Gasteiger partial charge in [0.2, 0.25) is 0 Å². The molecule has 1 saturated heterocycles. The zero-order valence-electron chi connectivity index (χ0n) is 7.45. The Hall–Kier alpha value is -0.610. The third-order valence-corrected chi connectivity index (χ3v) is 1.92. The molecule has 0 aromatic rings. The van der Waals surface area contributed by atoms with Gasteiger partial charge < -0.3 is 10.2 Å². The molecule has 0 amide bonds. The average molecular weight is 173 g/mol. The lowest BCUT2D eigenvalue weighted by Gasteiger charge is -2.39. The Morgan fingerprint density at radius 2 is 2.08 bits per heavy atom. The molecule has 0 spiro atoms. The standard InChI is InChI=1S/C8H15NO3/c1-8(2,12)5-9-3-6(4-9)7(10)11/h6,12H,3-5H2,1-2H3,(H,10,11). The topological polar surface area (TPSA) is 60.8 Å². The van der Waals surface area contributed by atoms with Crippen LogP contribution in [0.4, 0.5) is 0 Å². The number of carboxylic acids is 1. The van der Waals surface area contributed by atoms with Crippen LogP contribution in [0.5, 0.6) is 0 Å². The van der Waals surface area contributed by atoms with E-state index in [-0.39, 0.29) is 5.92 Å². The molecule has 0 unspecified atom stereocenters. The van der Waals surface area contributed by atoms with Gasteiger partial charge in [0.05, 0.1) is 11.5 Å². The first kappa shape index (κ1) is 9.48. The van der Waals surface area contributed by atoms with E-state index in [2.05, 4.69) is 0 Å². The Kier molecular flexibility index (Phi) is 2.39. The number of aliphatic carboxylic acids is 1. The van der Waals surface area contributed by atoms with E-state index in [1.54, 1.807) is 13.8 Å². The van der Waals surface area contributed by atoms with Crippen LogP contribution in [0, 0.1) is 5.92 Å². The van der Waals surface area contributed by atoms with E-state index in [1.807, 2.05) is 4.90 Å². The van der Waals surface area contributed by atoms with Gasteiger partial charge in [-0.05, 0) is 13.8 Å². The Balaban J connectivity index is 2.22. The zero-order valence-corrected chi connectivity index (χ0v) is 7.45. The molecule has 0 saturated carbocycles. The molecular formula is C8H15NO3. The highest BCUT2D eigenvalue weighted by molar-refractivity contribution is 5.71. The van der Waals surface area contributed by atoms with E-state index in [9.17, 15) is 9.90 Å². The molecule has 1 aliphatic heterocycles. The fourth-order valence-electron chi connectivity index (χ4n) is 1.40. The van der Waals surface area contributed by atoms with Crippen molar-refractivity contribution in [3.63, 3.8) is 0 Å². The second-order valence-electron chi connectivity index (χ2n) is 4.04. The minimum Gasteiger partial charge on any atom is -0.481 e. The van der Waals surface area contributed by atoms with Crippen molar-refractivity contribution >= 4 is 5.97 Å². The number of β-amino-alcohol motifs (C(OH)–C–C–N with tert-alkyl or cyclic N) is 1. The van der Waals surface area contributed by atoms with E-state index < -0.39 is 11.6 Å². The van der Waals surface area contributed by atoms with Crippen molar-refractivity contribution in [2.45, 2.75) is 19.4 Å². The predicted molar refractivity (Wildman–Crippen MR) is 43.9 cm³/mol. The first-order valence-electron chi connectivity index (χ1n) is 4.06. The quantitative estimate of drug-likeness (QED) is 0.619. The molecule has 1 aliphatic rings. The lowest BCUT2D eigenvalue weighted by atomic mass is 9.98. The second kappa shape index (κ2) is 3.03. The zero-order chi connectivity index (χ0) is 9.35. The molecule has 4 nitrogen and oxygen atoms in total. The van der Waals surface area contributed by atoms with Gasteiger partial charge in [0.1, 0.15) is 0 Å². The van der Waals surface area contributed by atoms with Crippen molar-refractivity contribution in [3.05, 3.63) is 0 Å². The van der Waals surface area contributed by atoms with E-state index in [1.165, 1.54) is 0 Å². The maximum atomic E-state index is 10.4. The van der Waals surface area contributed by atoms with Gasteiger partial charge in [0.15, 0.2) is 0 Å². The van der Waals surface area contributed by atoms with Gasteiger partial charge in [0, 0.05) is 19.6 Å². The minimum absolute atomic E-state index is 0.229. The molecule has 1 heterocycles. The molecule has 0 bridgehead atoms. The van der Waals surface area contributed by atoms with Gasteiger partial charge in [-0.2, -0.15) is 0 Å². The van der Waals surface area contributed by atoms with Crippen LogP contribution in [0.3, 0.4) is 0 Å². The monoisotopic (exact) mass is 173 g/mol. The van der Waals surface area contributed by atoms with Crippen molar-refractivity contribution in [2.24, 2.45) is 5.92 Å². The summed E-state index contributed by atoms with van der Waals surface area (Å²) in [5.74, 6) is -0.964. The molecule has 0 aromatic heterocycles. The van der Waals surface area contributed by atoms with Crippen LogP contribution in [0.1, 0.15) is 13.8 Å². The molecule has 0 aliphatic carbocycles. The molecule has 12 heavy (non-hydrogen) atoms. The molecule has 4 heteroatoms. The fourth-order valence-corrected chi connectivity index (χ4v) is 1.40. The Morgan fingerprint density at radius 1 is 1.58 bits per heavy atom. The Morgan fingerprint density at radius 3 is 2.42 bits per heavy atom. The summed E-state index contributed by atoms with van der Waals surface area (Å²) in [6, 6.07) is 0. The van der Waals surface area contributed by atoms with Gasteiger partial charge >= 0.3 is 5.97 Å². The summed E-state index contributed by atoms with van der Waals surface area (Å²) in [7, 11) is 0. The van der Waals surface area contributed by atoms with Crippen LogP contribution >= 0.6 is 0 Å². The summed E-state index contributed by atoms with van der Waals surface area (Å²) in [5, 5.41) is 17.9. The summed E-state index contributed by atoms with van der Waals surface area (Å²) in [4.78, 5) is 12.3. The Bertz CT molecular complexity index is 179. The first-order chi connectivity index (χ1) is 5.38. The van der Waals surface area contributed by atoms with Crippen molar-refractivity contribution in [2.75, 3.05) is 19.6 Å². The third kappa shape index (κ3) is 2.46. The van der Waals surface area contributed by atoms with Crippen LogP contribution in [-0.2, 0) is 4.79 Å². The van der Waals surface area contributed by atoms with E-state index >= 15 is 0 Å². The number of rotatable bonds is 3. The maximum Gasteiger partial charge on any atom is 0.309 e. The van der Waals surface area contributed by atoms with Crippen LogP contribution < -0.4 is 0 Å². The maximum absolute atomic E-state index is 10.4. The van der Waals surface area contributed by atoms with Gasteiger partial charge in [0.25, 0.3) is 0 Å². The van der Waals surface area contributed by atoms with Crippen LogP contribution in [0.15, 0.2) is 0 Å². The number of nitrogens with zero attached hydrogens (tertiary/aromatic N) is 1. The lowest BCUT2D eigenvalue weighted by Crippen LogP contribution is -2.54. The molecule has 1 rings (SSSR count). The van der Waals surface area contributed by atoms with Crippen LogP contribution in [-0.4, -0.2) is 46.3 Å². The summed E-state index contributed by atoms with van der Waals surface area (Å²) < 4.78 is 0. The van der Waals surface area contributed by atoms with E-state index in [4.69, 9.17) is 5.11 Å². The third-order valence-electron chi connectivity index (χ3n) is 1.92. The van der Waals surface area contributed by atoms with Crippen molar-refractivity contribution in [1.82, 2.24) is 4.90 Å². The number of hydrogen-bond donors (Lipinski definition) is 2. The molecule has 0 radical (unpaired) electrons. The summed E-state index contributed by atoms with van der Waals surface area (Å²) in [6.45, 7) is 5.14. The normalized spacial score (nSPS) is 20.6. The largest absolute Gasteiger partial charge is 0.481 e. The predicted octanol–water partition coefficient (Wildman–Crippen LogP) is -0.226. The molecule has 70 valence electrons. The van der Waals surface area contributed by atoms with E-state index in [0.717, 1.165) is 0 Å². The number of carboxylic acid groups (broad SMARTS) is 1. The van der Waals surface area contributed by atoms with Crippen molar-refractivity contribution in [3.8, 4) is 0 Å². The van der Waals surface area contributed by atoms with E-state index in [0.29, 0.717) is 19.6 Å². The highest BCUT2D eigenvalue weighted by Crippen LogP contribution is 2.18. The van der Waals surface area contributed by atoms with Crippen LogP contribution in [0.2, 0.25) is 0 Å². The number of likely N-dealkylation sites (tertiary alicyclic amines) is 1. The molecule has 0 atom stereocenters. The van der Waals surface area contributed by atoms with Gasteiger partial charge in [-0.1, -0.05) is 0 Å². The summed E-state index contributed by atoms with van der Waals surface area (Å²) in [6.07, 6.45) is 0. The second-order valence-corrected chi connectivity index (χ2v) is 4.04. The van der Waals surface area contributed by atoms with Gasteiger partial charge in [-0.3, -0.25) is 9.69 Å². The Labute approximate surface area is 71.8 Å². The number of aliphatic hydroxyl groups is 1. The molecular weight excluding hydrogens is 158 g/mol. The molecule has 2 N–H and O–H groups in total. The van der Waals surface area contributed by atoms with Crippen molar-refractivity contribution < 1.29 is 15.0 Å². The van der Waals surface area contributed by atoms with Gasteiger partial charge in [-0.25, -0.2) is 0 Å². The number of hydrogen-bond acceptors (Lipinski definition) is 3. The minimum atomic E-state index is -0.734. The fraction of sp³-hybridized carbons (Fsp3) is 0.875. The highest BCUT2D eigenvalue weighted by Gasteiger charge is 2.34.